The van der Waals surface area contributed by atoms with Crippen LogP contribution in [0.3, 0.4) is 0 Å². The van der Waals surface area contributed by atoms with E-state index in [0.717, 1.165) is 47.0 Å². The van der Waals surface area contributed by atoms with E-state index in [0.29, 0.717) is 16.4 Å². The van der Waals surface area contributed by atoms with E-state index in [-0.39, 0.29) is 23.3 Å². The van der Waals surface area contributed by atoms with Crippen molar-refractivity contribution in [1.82, 2.24) is 14.6 Å². The summed E-state index contributed by atoms with van der Waals surface area (Å²) in [4.78, 5) is 35.7. The number of fused-ring (bicyclic) bond motifs is 3. The lowest BCUT2D eigenvalue weighted by molar-refractivity contribution is -0.118. The van der Waals surface area contributed by atoms with Gasteiger partial charge in [0.25, 0.3) is 5.56 Å². The van der Waals surface area contributed by atoms with Crippen LogP contribution in [0.25, 0.3) is 20.4 Å². The standard InChI is InChI=1S/C19H20N4O2S/c1-9(2)12-7-8-20-18-13(12)14-15(26-18)19(25)23(16(21-14)10-3-4-10)22-17(24)11-5-6-11/h7-11H,3-6H2,1-2H3,(H,22,24). The number of carbonyl (C=O) groups excluding carboxylic acids is 1. The Kier molecular flexibility index (Phi) is 3.44. The summed E-state index contributed by atoms with van der Waals surface area (Å²) >= 11 is 1.37. The Balaban J connectivity index is 1.78. The van der Waals surface area contributed by atoms with Crippen molar-refractivity contribution in [2.24, 2.45) is 5.92 Å². The number of aromatic nitrogens is 3. The summed E-state index contributed by atoms with van der Waals surface area (Å²) in [7, 11) is 0. The average Bonchev–Trinajstić information content (AvgIpc) is 3.51. The van der Waals surface area contributed by atoms with Gasteiger partial charge in [0.15, 0.2) is 0 Å². The van der Waals surface area contributed by atoms with E-state index in [1.165, 1.54) is 16.0 Å². The van der Waals surface area contributed by atoms with Crippen molar-refractivity contribution in [3.8, 4) is 0 Å². The Morgan fingerprint density at radius 2 is 2.08 bits per heavy atom. The summed E-state index contributed by atoms with van der Waals surface area (Å²) in [6.45, 7) is 4.27. The molecular formula is C19H20N4O2S. The van der Waals surface area contributed by atoms with Crippen molar-refractivity contribution in [3.05, 3.63) is 34.0 Å². The maximum Gasteiger partial charge on any atom is 0.290 e. The lowest BCUT2D eigenvalue weighted by atomic mass is 10.0. The highest BCUT2D eigenvalue weighted by molar-refractivity contribution is 7.25. The van der Waals surface area contributed by atoms with Crippen LogP contribution in [0.1, 0.15) is 62.8 Å². The number of pyridine rings is 1. The van der Waals surface area contributed by atoms with Crippen LogP contribution in [0.5, 0.6) is 0 Å². The zero-order valence-corrected chi connectivity index (χ0v) is 15.6. The number of hydrogen-bond acceptors (Lipinski definition) is 5. The van der Waals surface area contributed by atoms with Gasteiger partial charge in [-0.15, -0.1) is 11.3 Å². The molecule has 134 valence electrons. The highest BCUT2D eigenvalue weighted by atomic mass is 32.1. The molecule has 0 spiro atoms. The normalized spacial score (nSPS) is 17.3. The molecule has 0 atom stereocenters. The van der Waals surface area contributed by atoms with Crippen molar-refractivity contribution in [1.29, 1.82) is 0 Å². The largest absolute Gasteiger partial charge is 0.290 e. The fourth-order valence-corrected chi connectivity index (χ4v) is 4.45. The van der Waals surface area contributed by atoms with E-state index in [2.05, 4.69) is 24.3 Å². The zero-order valence-electron chi connectivity index (χ0n) is 14.8. The smallest absolute Gasteiger partial charge is 0.273 e. The number of rotatable bonds is 4. The van der Waals surface area contributed by atoms with Crippen LogP contribution >= 0.6 is 11.3 Å². The van der Waals surface area contributed by atoms with Crippen LogP contribution in [0.15, 0.2) is 17.1 Å². The molecule has 0 saturated heterocycles. The van der Waals surface area contributed by atoms with Crippen LogP contribution < -0.4 is 11.0 Å². The van der Waals surface area contributed by atoms with Crippen molar-refractivity contribution in [2.45, 2.75) is 51.4 Å². The van der Waals surface area contributed by atoms with Gasteiger partial charge in [0.1, 0.15) is 15.4 Å². The SMILES string of the molecule is CC(C)c1ccnc2sc3c(=O)n(NC(=O)C4CC4)c(C4CC4)nc3c12. The first-order chi connectivity index (χ1) is 12.5. The van der Waals surface area contributed by atoms with Gasteiger partial charge < -0.3 is 0 Å². The second-order valence-corrected chi connectivity index (χ2v) is 8.65. The Morgan fingerprint density at radius 1 is 1.31 bits per heavy atom. The first-order valence-electron chi connectivity index (χ1n) is 9.19. The van der Waals surface area contributed by atoms with Crippen molar-refractivity contribution >= 4 is 37.7 Å². The second kappa shape index (κ2) is 5.61. The van der Waals surface area contributed by atoms with Crippen molar-refractivity contribution < 1.29 is 4.79 Å². The maximum atomic E-state index is 13.2. The fraction of sp³-hybridized carbons (Fsp3) is 0.474. The Labute approximate surface area is 154 Å². The predicted molar refractivity (Wildman–Crippen MR) is 102 cm³/mol. The van der Waals surface area contributed by atoms with Crippen LogP contribution in [-0.2, 0) is 4.79 Å². The molecule has 3 heterocycles. The molecule has 2 fully saturated rings. The molecule has 3 aromatic rings. The van der Waals surface area contributed by atoms with Gasteiger partial charge in [-0.3, -0.25) is 15.0 Å². The van der Waals surface area contributed by atoms with Crippen LogP contribution in [-0.4, -0.2) is 20.6 Å². The monoisotopic (exact) mass is 368 g/mol. The van der Waals surface area contributed by atoms with Gasteiger partial charge in [0.05, 0.1) is 5.52 Å². The number of hydrogen-bond donors (Lipinski definition) is 1. The third-order valence-corrected chi connectivity index (χ3v) is 6.26. The minimum absolute atomic E-state index is 0.0428. The molecule has 2 saturated carbocycles. The second-order valence-electron chi connectivity index (χ2n) is 7.65. The fourth-order valence-electron chi connectivity index (χ4n) is 3.40. The highest BCUT2D eigenvalue weighted by Gasteiger charge is 2.34. The van der Waals surface area contributed by atoms with Gasteiger partial charge in [-0.25, -0.2) is 14.6 Å². The maximum absolute atomic E-state index is 13.2. The first-order valence-corrected chi connectivity index (χ1v) is 10.0. The molecular weight excluding hydrogens is 348 g/mol. The van der Waals surface area contributed by atoms with E-state index in [4.69, 9.17) is 4.98 Å². The molecule has 5 rings (SSSR count). The van der Waals surface area contributed by atoms with E-state index in [1.807, 2.05) is 6.07 Å². The summed E-state index contributed by atoms with van der Waals surface area (Å²) in [6, 6.07) is 2.01. The number of nitrogens with zero attached hydrogens (tertiary/aromatic N) is 3. The number of carbonyl (C=O) groups is 1. The third kappa shape index (κ3) is 2.45. The van der Waals surface area contributed by atoms with E-state index in [9.17, 15) is 9.59 Å². The van der Waals surface area contributed by atoms with Gasteiger partial charge in [-0.05, 0) is 43.2 Å². The molecule has 1 amide bonds. The topological polar surface area (TPSA) is 76.9 Å². The predicted octanol–water partition coefficient (Wildman–Crippen LogP) is 3.49. The van der Waals surface area contributed by atoms with Crippen LogP contribution in [0, 0.1) is 5.92 Å². The van der Waals surface area contributed by atoms with E-state index < -0.39 is 0 Å². The van der Waals surface area contributed by atoms with E-state index in [1.54, 1.807) is 6.20 Å². The molecule has 0 unspecified atom stereocenters. The summed E-state index contributed by atoms with van der Waals surface area (Å²) in [6.07, 6.45) is 5.62. The first kappa shape index (κ1) is 15.9. The van der Waals surface area contributed by atoms with Gasteiger partial charge in [0.2, 0.25) is 5.91 Å². The molecule has 0 bridgehead atoms. The quantitative estimate of drug-likeness (QED) is 0.765. The zero-order chi connectivity index (χ0) is 18.0. The lowest BCUT2D eigenvalue weighted by Gasteiger charge is -2.13. The molecule has 0 aromatic carbocycles. The Bertz CT molecular complexity index is 1110. The molecule has 0 aliphatic heterocycles. The average molecular weight is 368 g/mol. The number of amides is 1. The van der Waals surface area contributed by atoms with Crippen LogP contribution in [0.2, 0.25) is 0 Å². The molecule has 2 aliphatic rings. The minimum Gasteiger partial charge on any atom is -0.273 e. The summed E-state index contributed by atoms with van der Waals surface area (Å²) < 4.78 is 1.98. The van der Waals surface area contributed by atoms with Crippen LogP contribution in [0.4, 0.5) is 0 Å². The summed E-state index contributed by atoms with van der Waals surface area (Å²) in [5, 5.41) is 0.988. The molecule has 1 N–H and O–H groups in total. The Hall–Kier alpha value is -2.28. The third-order valence-electron chi connectivity index (χ3n) is 5.19. The Morgan fingerprint density at radius 3 is 2.73 bits per heavy atom. The highest BCUT2D eigenvalue weighted by Crippen LogP contribution is 2.41. The van der Waals surface area contributed by atoms with Gasteiger partial charge >= 0.3 is 0 Å². The van der Waals surface area contributed by atoms with Gasteiger partial charge in [-0.2, -0.15) is 0 Å². The molecule has 0 radical (unpaired) electrons. The number of thiophene rings is 1. The lowest BCUT2D eigenvalue weighted by Crippen LogP contribution is -2.36. The van der Waals surface area contributed by atoms with E-state index >= 15 is 0 Å². The molecule has 26 heavy (non-hydrogen) atoms. The minimum atomic E-state index is -0.177. The van der Waals surface area contributed by atoms with Gasteiger partial charge in [0, 0.05) is 23.4 Å². The number of nitrogens with one attached hydrogen (secondary N) is 1. The molecule has 3 aromatic heterocycles. The van der Waals surface area contributed by atoms with Gasteiger partial charge in [-0.1, -0.05) is 13.8 Å². The molecule has 6 nitrogen and oxygen atoms in total. The molecule has 7 heteroatoms. The van der Waals surface area contributed by atoms with Crippen molar-refractivity contribution in [3.63, 3.8) is 0 Å². The summed E-state index contributed by atoms with van der Waals surface area (Å²) in [5.41, 5.74) is 4.55. The molecule has 2 aliphatic carbocycles. The van der Waals surface area contributed by atoms with Crippen molar-refractivity contribution in [2.75, 3.05) is 5.43 Å². The summed E-state index contributed by atoms with van der Waals surface area (Å²) in [5.74, 6) is 1.23.